The van der Waals surface area contributed by atoms with E-state index >= 15 is 0 Å². The quantitative estimate of drug-likeness (QED) is 0.505. The van der Waals surface area contributed by atoms with E-state index in [1.807, 2.05) is 31.2 Å². The number of fused-ring (bicyclic) bond motifs is 1. The Bertz CT molecular complexity index is 1290. The van der Waals surface area contributed by atoms with Crippen molar-refractivity contribution in [1.82, 2.24) is 14.6 Å². The molecule has 0 unspecified atom stereocenters. The zero-order valence-electron chi connectivity index (χ0n) is 16.4. The Hall–Kier alpha value is -3.39. The van der Waals surface area contributed by atoms with Crippen LogP contribution in [0.3, 0.4) is 0 Å². The highest BCUT2D eigenvalue weighted by atomic mass is 32.1. The van der Waals surface area contributed by atoms with Gasteiger partial charge in [0.05, 0.1) is 25.9 Å². The fraction of sp³-hybridized carbons (Fsp3) is 0.190. The van der Waals surface area contributed by atoms with Gasteiger partial charge in [0.15, 0.2) is 17.3 Å². The minimum atomic E-state index is -0.178. The zero-order chi connectivity index (χ0) is 20.5. The molecule has 7 nitrogen and oxygen atoms in total. The fourth-order valence-corrected chi connectivity index (χ4v) is 3.96. The monoisotopic (exact) mass is 409 g/mol. The second-order valence-electron chi connectivity index (χ2n) is 6.37. The van der Waals surface area contributed by atoms with Crippen molar-refractivity contribution >= 4 is 22.4 Å². The van der Waals surface area contributed by atoms with Gasteiger partial charge in [0.25, 0.3) is 5.56 Å². The first kappa shape index (κ1) is 18.9. The molecule has 4 rings (SSSR count). The smallest absolute Gasteiger partial charge is 0.276 e. The number of ether oxygens (including phenoxy) is 3. The lowest BCUT2D eigenvalue weighted by Crippen LogP contribution is -2.23. The molecule has 0 aliphatic carbocycles. The second-order valence-corrected chi connectivity index (χ2v) is 7.38. The molecule has 2 aromatic carbocycles. The molecule has 0 atom stereocenters. The number of methoxy groups -OCH3 is 3. The highest BCUT2D eigenvalue weighted by Gasteiger charge is 2.15. The number of nitrogens with zero attached hydrogens (tertiary/aromatic N) is 3. The SMILES string of the molecule is COc1cc(OC)c(OC)cc1/C=c1\sc2nnc(-c3ccc(C)cc3)n2c1=O. The molecule has 0 aliphatic rings. The van der Waals surface area contributed by atoms with Crippen molar-refractivity contribution in [3.05, 3.63) is 62.4 Å². The van der Waals surface area contributed by atoms with Crippen molar-refractivity contribution in [1.29, 1.82) is 0 Å². The Morgan fingerprint density at radius 3 is 2.24 bits per heavy atom. The average molecular weight is 409 g/mol. The van der Waals surface area contributed by atoms with Crippen LogP contribution in [0.1, 0.15) is 11.1 Å². The third-order valence-corrected chi connectivity index (χ3v) is 5.54. The van der Waals surface area contributed by atoms with Gasteiger partial charge in [-0.3, -0.25) is 4.79 Å². The predicted molar refractivity (Wildman–Crippen MR) is 112 cm³/mol. The number of hydrogen-bond acceptors (Lipinski definition) is 7. The Labute approximate surface area is 170 Å². The van der Waals surface area contributed by atoms with E-state index in [4.69, 9.17) is 14.2 Å². The molecule has 0 amide bonds. The summed E-state index contributed by atoms with van der Waals surface area (Å²) in [6.45, 7) is 2.01. The lowest BCUT2D eigenvalue weighted by molar-refractivity contribution is 0.348. The molecular formula is C21H19N3O4S. The summed E-state index contributed by atoms with van der Waals surface area (Å²) in [7, 11) is 4.69. The summed E-state index contributed by atoms with van der Waals surface area (Å²) >= 11 is 1.27. The van der Waals surface area contributed by atoms with Crippen LogP contribution in [0, 0.1) is 6.92 Å². The Kier molecular flexibility index (Phi) is 4.94. The van der Waals surface area contributed by atoms with Crippen molar-refractivity contribution < 1.29 is 14.2 Å². The molecule has 4 aromatic rings. The number of aryl methyl sites for hydroxylation is 1. The van der Waals surface area contributed by atoms with Crippen molar-refractivity contribution in [2.24, 2.45) is 0 Å². The molecule has 29 heavy (non-hydrogen) atoms. The van der Waals surface area contributed by atoms with Crippen LogP contribution in [0.25, 0.3) is 22.4 Å². The van der Waals surface area contributed by atoms with Crippen LogP contribution in [-0.4, -0.2) is 35.9 Å². The molecule has 8 heteroatoms. The predicted octanol–water partition coefficient (Wildman–Crippen LogP) is 2.70. The molecule has 0 saturated heterocycles. The first-order chi connectivity index (χ1) is 14.0. The molecular weight excluding hydrogens is 390 g/mol. The normalized spacial score (nSPS) is 11.8. The molecule has 2 aromatic heterocycles. The summed E-state index contributed by atoms with van der Waals surface area (Å²) in [5, 5.41) is 8.38. The molecule has 0 N–H and O–H groups in total. The summed E-state index contributed by atoms with van der Waals surface area (Å²) < 4.78 is 18.2. The number of benzene rings is 2. The van der Waals surface area contributed by atoms with Crippen LogP contribution < -0.4 is 24.3 Å². The van der Waals surface area contributed by atoms with E-state index in [2.05, 4.69) is 10.2 Å². The van der Waals surface area contributed by atoms with Crippen LogP contribution in [0.2, 0.25) is 0 Å². The van der Waals surface area contributed by atoms with Crippen LogP contribution in [0.15, 0.2) is 41.2 Å². The van der Waals surface area contributed by atoms with Crippen molar-refractivity contribution in [3.8, 4) is 28.6 Å². The van der Waals surface area contributed by atoms with Crippen LogP contribution >= 0.6 is 11.3 Å². The topological polar surface area (TPSA) is 74.9 Å². The van der Waals surface area contributed by atoms with Gasteiger partial charge in [0.2, 0.25) is 4.96 Å². The van der Waals surface area contributed by atoms with Gasteiger partial charge in [-0.05, 0) is 19.1 Å². The molecule has 0 saturated carbocycles. The number of thiazole rings is 1. The van der Waals surface area contributed by atoms with E-state index in [1.165, 1.54) is 15.7 Å². The van der Waals surface area contributed by atoms with Crippen molar-refractivity contribution in [3.63, 3.8) is 0 Å². The van der Waals surface area contributed by atoms with Crippen LogP contribution in [0.5, 0.6) is 17.2 Å². The molecule has 148 valence electrons. The summed E-state index contributed by atoms with van der Waals surface area (Å²) in [6, 6.07) is 11.3. The summed E-state index contributed by atoms with van der Waals surface area (Å²) in [6.07, 6.45) is 1.77. The third kappa shape index (κ3) is 3.31. The maximum atomic E-state index is 13.1. The van der Waals surface area contributed by atoms with Crippen molar-refractivity contribution in [2.75, 3.05) is 21.3 Å². The van der Waals surface area contributed by atoms with Crippen molar-refractivity contribution in [2.45, 2.75) is 6.92 Å². The van der Waals surface area contributed by atoms with Gasteiger partial charge in [0, 0.05) is 17.2 Å². The number of aromatic nitrogens is 3. The maximum Gasteiger partial charge on any atom is 0.276 e. The van der Waals surface area contributed by atoms with E-state index in [1.54, 1.807) is 39.5 Å². The molecule has 0 radical (unpaired) electrons. The first-order valence-electron chi connectivity index (χ1n) is 8.82. The highest BCUT2D eigenvalue weighted by molar-refractivity contribution is 7.15. The van der Waals surface area contributed by atoms with Gasteiger partial charge in [-0.15, -0.1) is 10.2 Å². The lowest BCUT2D eigenvalue weighted by atomic mass is 10.1. The minimum Gasteiger partial charge on any atom is -0.496 e. The fourth-order valence-electron chi connectivity index (χ4n) is 3.06. The Morgan fingerprint density at radius 1 is 0.931 bits per heavy atom. The third-order valence-electron chi connectivity index (χ3n) is 4.58. The Balaban J connectivity index is 1.90. The summed E-state index contributed by atoms with van der Waals surface area (Å²) in [5.74, 6) is 2.20. The van der Waals surface area contributed by atoms with E-state index in [0.29, 0.717) is 38.1 Å². The highest BCUT2D eigenvalue weighted by Crippen LogP contribution is 2.35. The molecule has 2 heterocycles. The lowest BCUT2D eigenvalue weighted by Gasteiger charge is -2.11. The zero-order valence-corrected chi connectivity index (χ0v) is 17.2. The number of rotatable bonds is 5. The van der Waals surface area contributed by atoms with E-state index in [0.717, 1.165) is 11.1 Å². The van der Waals surface area contributed by atoms with Gasteiger partial charge in [-0.25, -0.2) is 4.40 Å². The number of hydrogen-bond donors (Lipinski definition) is 0. The standard InChI is InChI=1S/C21H19N3O4S/c1-12-5-7-13(8-6-12)19-22-23-21-24(19)20(25)18(29-21)10-14-9-16(27-3)17(28-4)11-15(14)26-2/h5-11H,1-4H3/b18-10-. The summed E-state index contributed by atoms with van der Waals surface area (Å²) in [5.41, 5.74) is 2.50. The Morgan fingerprint density at radius 2 is 1.59 bits per heavy atom. The molecule has 0 fully saturated rings. The molecule has 0 spiro atoms. The average Bonchev–Trinajstić information content (AvgIpc) is 3.28. The summed E-state index contributed by atoms with van der Waals surface area (Å²) in [4.78, 5) is 13.6. The van der Waals surface area contributed by atoms with E-state index in [-0.39, 0.29) is 5.56 Å². The molecule has 0 bridgehead atoms. The van der Waals surface area contributed by atoms with Gasteiger partial charge < -0.3 is 14.2 Å². The maximum absolute atomic E-state index is 13.1. The van der Waals surface area contributed by atoms with Crippen LogP contribution in [0.4, 0.5) is 0 Å². The van der Waals surface area contributed by atoms with E-state index < -0.39 is 0 Å². The minimum absolute atomic E-state index is 0.178. The van der Waals surface area contributed by atoms with Gasteiger partial charge in [-0.2, -0.15) is 0 Å². The van der Waals surface area contributed by atoms with E-state index in [9.17, 15) is 4.79 Å². The van der Waals surface area contributed by atoms with Gasteiger partial charge in [-0.1, -0.05) is 41.2 Å². The van der Waals surface area contributed by atoms with Gasteiger partial charge in [0.1, 0.15) is 5.75 Å². The van der Waals surface area contributed by atoms with Crippen LogP contribution in [-0.2, 0) is 0 Å². The second kappa shape index (κ2) is 7.56. The molecule has 0 aliphatic heterocycles. The first-order valence-corrected chi connectivity index (χ1v) is 9.64. The largest absolute Gasteiger partial charge is 0.496 e. The van der Waals surface area contributed by atoms with Gasteiger partial charge >= 0.3 is 0 Å².